The SMILES string of the molecule is Cc1ccc(C(N)=O)cc1-c1ccc2c(-c3ccc(S(C)(=O)=O)cc3C)nncc2c1. The maximum absolute atomic E-state index is 11.9. The van der Waals surface area contributed by atoms with E-state index in [1.807, 2.05) is 38.1 Å². The third-order valence-corrected chi connectivity index (χ3v) is 6.49. The standard InChI is InChI=1S/C24H21N3O3S/c1-14-4-5-17(24(25)28)12-22(14)16-6-8-21-18(11-16)13-26-27-23(21)20-9-7-19(10-15(20)2)31(3,29)30/h4-13H,1-3H3,(H2,25,28). The van der Waals surface area contributed by atoms with Gasteiger partial charge in [-0.3, -0.25) is 4.79 Å². The molecule has 0 radical (unpaired) electrons. The van der Waals surface area contributed by atoms with E-state index in [1.165, 1.54) is 6.26 Å². The molecule has 0 aliphatic rings. The molecule has 0 atom stereocenters. The smallest absolute Gasteiger partial charge is 0.248 e. The Morgan fingerprint density at radius 1 is 0.903 bits per heavy atom. The van der Waals surface area contributed by atoms with Crippen LogP contribution >= 0.6 is 0 Å². The number of nitrogens with two attached hydrogens (primary N) is 1. The van der Waals surface area contributed by atoms with Crippen LogP contribution in [0.15, 0.2) is 65.7 Å². The number of carbonyl (C=O) groups is 1. The average molecular weight is 432 g/mol. The molecule has 4 rings (SSSR count). The van der Waals surface area contributed by atoms with Crippen LogP contribution < -0.4 is 5.73 Å². The van der Waals surface area contributed by atoms with Crippen molar-refractivity contribution in [2.75, 3.05) is 6.26 Å². The van der Waals surface area contributed by atoms with E-state index in [9.17, 15) is 13.2 Å². The van der Waals surface area contributed by atoms with Crippen LogP contribution in [0.1, 0.15) is 21.5 Å². The van der Waals surface area contributed by atoms with E-state index in [-0.39, 0.29) is 4.90 Å². The van der Waals surface area contributed by atoms with Crippen molar-refractivity contribution in [1.82, 2.24) is 10.2 Å². The van der Waals surface area contributed by atoms with E-state index in [0.717, 1.165) is 38.6 Å². The first kappa shape index (κ1) is 20.7. The lowest BCUT2D eigenvalue weighted by molar-refractivity contribution is 0.100. The highest BCUT2D eigenvalue weighted by molar-refractivity contribution is 7.90. The molecule has 3 aromatic carbocycles. The van der Waals surface area contributed by atoms with Crippen molar-refractivity contribution in [2.45, 2.75) is 18.7 Å². The molecule has 156 valence electrons. The highest BCUT2D eigenvalue weighted by Crippen LogP contribution is 2.33. The van der Waals surface area contributed by atoms with Crippen molar-refractivity contribution in [3.05, 3.63) is 77.5 Å². The van der Waals surface area contributed by atoms with Gasteiger partial charge in [0.25, 0.3) is 0 Å². The molecule has 1 amide bonds. The lowest BCUT2D eigenvalue weighted by Crippen LogP contribution is -2.10. The normalized spacial score (nSPS) is 11.6. The number of aromatic nitrogens is 2. The Bertz CT molecular complexity index is 1460. The molecule has 0 unspecified atom stereocenters. The summed E-state index contributed by atoms with van der Waals surface area (Å²) in [6.07, 6.45) is 2.88. The second kappa shape index (κ2) is 7.59. The van der Waals surface area contributed by atoms with Gasteiger partial charge in [-0.25, -0.2) is 8.42 Å². The predicted molar refractivity (Wildman–Crippen MR) is 122 cm³/mol. The highest BCUT2D eigenvalue weighted by Gasteiger charge is 2.14. The lowest BCUT2D eigenvalue weighted by Gasteiger charge is -2.12. The second-order valence-corrected chi connectivity index (χ2v) is 9.65. The number of hydrogen-bond donors (Lipinski definition) is 1. The second-order valence-electron chi connectivity index (χ2n) is 7.64. The first-order valence-corrected chi connectivity index (χ1v) is 11.5. The van der Waals surface area contributed by atoms with Crippen LogP contribution in [-0.2, 0) is 9.84 Å². The topological polar surface area (TPSA) is 103 Å². The van der Waals surface area contributed by atoms with Crippen molar-refractivity contribution in [3.8, 4) is 22.4 Å². The summed E-state index contributed by atoms with van der Waals surface area (Å²) >= 11 is 0. The Kier molecular flexibility index (Phi) is 5.07. The molecule has 0 spiro atoms. The van der Waals surface area contributed by atoms with Crippen LogP contribution in [0, 0.1) is 13.8 Å². The van der Waals surface area contributed by atoms with Crippen LogP contribution in [0.2, 0.25) is 0 Å². The van der Waals surface area contributed by atoms with Crippen LogP contribution in [0.4, 0.5) is 0 Å². The van der Waals surface area contributed by atoms with E-state index < -0.39 is 15.7 Å². The number of sulfone groups is 1. The van der Waals surface area contributed by atoms with Crippen molar-refractivity contribution in [1.29, 1.82) is 0 Å². The molecule has 31 heavy (non-hydrogen) atoms. The quantitative estimate of drug-likeness (QED) is 0.524. The van der Waals surface area contributed by atoms with Gasteiger partial charge in [-0.2, -0.15) is 5.10 Å². The molecule has 0 aliphatic heterocycles. The van der Waals surface area contributed by atoms with E-state index in [2.05, 4.69) is 10.2 Å². The van der Waals surface area contributed by atoms with Gasteiger partial charge in [0.2, 0.25) is 5.91 Å². The van der Waals surface area contributed by atoms with Crippen molar-refractivity contribution in [3.63, 3.8) is 0 Å². The molecule has 1 aromatic heterocycles. The number of carbonyl (C=O) groups excluding carboxylic acids is 1. The van der Waals surface area contributed by atoms with Crippen LogP contribution in [-0.4, -0.2) is 30.8 Å². The molecule has 1 heterocycles. The fourth-order valence-electron chi connectivity index (χ4n) is 3.67. The fourth-order valence-corrected chi connectivity index (χ4v) is 4.38. The summed E-state index contributed by atoms with van der Waals surface area (Å²) in [5.74, 6) is -0.469. The van der Waals surface area contributed by atoms with E-state index in [1.54, 1.807) is 36.5 Å². The maximum atomic E-state index is 11.9. The van der Waals surface area contributed by atoms with E-state index in [4.69, 9.17) is 5.73 Å². The first-order chi connectivity index (χ1) is 14.6. The monoisotopic (exact) mass is 431 g/mol. The number of nitrogens with zero attached hydrogens (tertiary/aromatic N) is 2. The molecular weight excluding hydrogens is 410 g/mol. The third-order valence-electron chi connectivity index (χ3n) is 5.38. The lowest BCUT2D eigenvalue weighted by atomic mass is 9.94. The van der Waals surface area contributed by atoms with Crippen molar-refractivity contribution >= 4 is 26.5 Å². The third kappa shape index (κ3) is 3.92. The summed E-state index contributed by atoms with van der Waals surface area (Å²) < 4.78 is 23.7. The van der Waals surface area contributed by atoms with E-state index >= 15 is 0 Å². The van der Waals surface area contributed by atoms with Gasteiger partial charge >= 0.3 is 0 Å². The molecule has 0 saturated heterocycles. The van der Waals surface area contributed by atoms with Crippen molar-refractivity contribution < 1.29 is 13.2 Å². The van der Waals surface area contributed by atoms with Crippen LogP contribution in [0.3, 0.4) is 0 Å². The minimum Gasteiger partial charge on any atom is -0.366 e. The molecule has 4 aromatic rings. The number of fused-ring (bicyclic) bond motifs is 1. The van der Waals surface area contributed by atoms with Crippen LogP contribution in [0.5, 0.6) is 0 Å². The molecule has 2 N–H and O–H groups in total. The summed E-state index contributed by atoms with van der Waals surface area (Å²) in [5.41, 5.74) is 11.1. The highest BCUT2D eigenvalue weighted by atomic mass is 32.2. The molecule has 0 fully saturated rings. The predicted octanol–water partition coefficient (Wildman–Crippen LogP) is 4.08. The van der Waals surface area contributed by atoms with Crippen molar-refractivity contribution in [2.24, 2.45) is 5.73 Å². The summed E-state index contributed by atoms with van der Waals surface area (Å²) in [5, 5.41) is 10.3. The first-order valence-electron chi connectivity index (χ1n) is 9.62. The van der Waals surface area contributed by atoms with Gasteiger partial charge in [-0.1, -0.05) is 24.3 Å². The Hall–Kier alpha value is -3.58. The fraction of sp³-hybridized carbons (Fsp3) is 0.125. The van der Waals surface area contributed by atoms with E-state index in [0.29, 0.717) is 11.3 Å². The molecule has 7 heteroatoms. The summed E-state index contributed by atoms with van der Waals surface area (Å²) in [4.78, 5) is 11.9. The molecule has 0 bridgehead atoms. The minimum atomic E-state index is -3.29. The minimum absolute atomic E-state index is 0.272. The molecular formula is C24H21N3O3S. The number of hydrogen-bond acceptors (Lipinski definition) is 5. The number of aryl methyl sites for hydroxylation is 2. The number of benzene rings is 3. The Morgan fingerprint density at radius 3 is 2.35 bits per heavy atom. The Balaban J connectivity index is 1.86. The maximum Gasteiger partial charge on any atom is 0.248 e. The molecule has 0 saturated carbocycles. The average Bonchev–Trinajstić information content (AvgIpc) is 2.72. The van der Waals surface area contributed by atoms with Gasteiger partial charge in [-0.05, 0) is 66.4 Å². The number of primary amides is 1. The van der Waals surface area contributed by atoms with Gasteiger partial charge in [0.1, 0.15) is 5.69 Å². The summed E-state index contributed by atoms with van der Waals surface area (Å²) in [6, 6.07) is 16.3. The zero-order valence-electron chi connectivity index (χ0n) is 17.4. The summed E-state index contributed by atoms with van der Waals surface area (Å²) in [6.45, 7) is 3.84. The van der Waals surface area contributed by atoms with Gasteiger partial charge in [0.05, 0.1) is 11.1 Å². The summed E-state index contributed by atoms with van der Waals surface area (Å²) in [7, 11) is -3.29. The van der Waals surface area contributed by atoms with Gasteiger partial charge in [-0.15, -0.1) is 5.10 Å². The Labute approximate surface area is 180 Å². The van der Waals surface area contributed by atoms with Gasteiger partial charge < -0.3 is 5.73 Å². The zero-order valence-corrected chi connectivity index (χ0v) is 18.2. The molecule has 0 aliphatic carbocycles. The van der Waals surface area contributed by atoms with Gasteiger partial charge in [0, 0.05) is 28.2 Å². The Morgan fingerprint density at radius 2 is 1.68 bits per heavy atom. The molecule has 6 nitrogen and oxygen atoms in total. The largest absolute Gasteiger partial charge is 0.366 e. The van der Waals surface area contributed by atoms with Gasteiger partial charge in [0.15, 0.2) is 9.84 Å². The number of rotatable bonds is 4. The zero-order chi connectivity index (χ0) is 22.3. The van der Waals surface area contributed by atoms with Crippen LogP contribution in [0.25, 0.3) is 33.2 Å². The number of amides is 1.